The van der Waals surface area contributed by atoms with Gasteiger partial charge >= 0.3 is 0 Å². The van der Waals surface area contributed by atoms with E-state index in [0.29, 0.717) is 30.0 Å². The fourth-order valence-corrected chi connectivity index (χ4v) is 4.34. The van der Waals surface area contributed by atoms with Crippen molar-refractivity contribution in [3.8, 4) is 5.75 Å². The van der Waals surface area contributed by atoms with Gasteiger partial charge in [0.25, 0.3) is 15.9 Å². The van der Waals surface area contributed by atoms with Crippen molar-refractivity contribution >= 4 is 21.6 Å². The van der Waals surface area contributed by atoms with E-state index in [1.54, 1.807) is 49.4 Å². The van der Waals surface area contributed by atoms with Gasteiger partial charge in [-0.15, -0.1) is 0 Å². The Labute approximate surface area is 189 Å². The third kappa shape index (κ3) is 5.48. The van der Waals surface area contributed by atoms with Gasteiger partial charge in [0.15, 0.2) is 0 Å². The molecule has 32 heavy (non-hydrogen) atoms. The number of benzene rings is 3. The van der Waals surface area contributed by atoms with Gasteiger partial charge in [0, 0.05) is 5.56 Å². The molecule has 0 radical (unpaired) electrons. The van der Waals surface area contributed by atoms with Crippen LogP contribution in [0.5, 0.6) is 5.75 Å². The minimum atomic E-state index is -3.76. The first kappa shape index (κ1) is 23.3. The second-order valence-electron chi connectivity index (χ2n) is 7.70. The number of amides is 1. The Hall–Kier alpha value is -3.32. The fourth-order valence-electron chi connectivity index (χ4n) is 3.21. The smallest absolute Gasteiger partial charge is 0.261 e. The highest BCUT2D eigenvalue weighted by Crippen LogP contribution is 2.23. The van der Waals surface area contributed by atoms with Crippen molar-refractivity contribution < 1.29 is 17.9 Å². The van der Waals surface area contributed by atoms with Crippen LogP contribution in [0.3, 0.4) is 0 Å². The molecule has 3 rings (SSSR count). The minimum Gasteiger partial charge on any atom is -0.491 e. The highest BCUT2D eigenvalue weighted by Gasteiger charge is 2.18. The van der Waals surface area contributed by atoms with Gasteiger partial charge in [0.05, 0.1) is 17.1 Å². The molecule has 0 aliphatic rings. The van der Waals surface area contributed by atoms with E-state index in [2.05, 4.69) is 10.0 Å². The van der Waals surface area contributed by atoms with Crippen LogP contribution in [-0.2, 0) is 10.0 Å². The maximum Gasteiger partial charge on any atom is 0.261 e. The number of carbonyl (C=O) groups excluding carboxylic acids is 1. The van der Waals surface area contributed by atoms with Gasteiger partial charge in [-0.05, 0) is 74.7 Å². The molecule has 0 aromatic heterocycles. The maximum atomic E-state index is 12.7. The highest BCUT2D eigenvalue weighted by atomic mass is 32.2. The van der Waals surface area contributed by atoms with Crippen LogP contribution in [0.4, 0.5) is 5.69 Å². The van der Waals surface area contributed by atoms with Gasteiger partial charge in [-0.2, -0.15) is 0 Å². The van der Waals surface area contributed by atoms with Crippen molar-refractivity contribution in [2.75, 3.05) is 17.9 Å². The highest BCUT2D eigenvalue weighted by molar-refractivity contribution is 7.92. The number of ether oxygens (including phenoxy) is 1. The van der Waals surface area contributed by atoms with Crippen LogP contribution >= 0.6 is 0 Å². The molecule has 3 aromatic carbocycles. The molecule has 7 heteroatoms. The van der Waals surface area contributed by atoms with E-state index in [0.717, 1.165) is 22.4 Å². The molecule has 0 fully saturated rings. The Balaban J connectivity index is 1.64. The second kappa shape index (κ2) is 9.87. The van der Waals surface area contributed by atoms with E-state index in [4.69, 9.17) is 4.74 Å². The summed E-state index contributed by atoms with van der Waals surface area (Å²) in [6.45, 7) is 8.28. The van der Waals surface area contributed by atoms with Gasteiger partial charge in [-0.3, -0.25) is 9.52 Å². The lowest BCUT2D eigenvalue weighted by Gasteiger charge is -2.15. The first-order valence-corrected chi connectivity index (χ1v) is 11.8. The molecule has 0 atom stereocenters. The summed E-state index contributed by atoms with van der Waals surface area (Å²) in [5.41, 5.74) is 4.51. The van der Waals surface area contributed by atoms with Gasteiger partial charge in [-0.1, -0.05) is 35.9 Å². The van der Waals surface area contributed by atoms with Crippen LogP contribution in [0.1, 0.15) is 32.6 Å². The summed E-state index contributed by atoms with van der Waals surface area (Å²) in [5.74, 6) is 0.506. The zero-order valence-electron chi connectivity index (χ0n) is 18.7. The number of aryl methyl sites for hydroxylation is 2. The number of anilines is 1. The molecule has 0 aliphatic heterocycles. The first-order chi connectivity index (χ1) is 15.2. The van der Waals surface area contributed by atoms with Crippen molar-refractivity contribution in [2.45, 2.75) is 32.6 Å². The summed E-state index contributed by atoms with van der Waals surface area (Å²) in [7, 11) is -3.76. The quantitative estimate of drug-likeness (QED) is 0.492. The van der Waals surface area contributed by atoms with Crippen LogP contribution < -0.4 is 14.8 Å². The number of hydrogen-bond donors (Lipinski definition) is 2. The predicted octanol–water partition coefficient (Wildman–Crippen LogP) is 4.53. The Morgan fingerprint density at radius 2 is 1.56 bits per heavy atom. The standard InChI is InChI=1S/C25H28N2O4S/c1-17-11-13-21(14-12-17)32(29,30)27-23-9-6-8-22(20(23)4)25(28)26-15-16-31-24-10-5-7-18(2)19(24)3/h5-14,27H,15-16H2,1-4H3,(H,26,28). The van der Waals surface area contributed by atoms with E-state index in [1.807, 2.05) is 39.0 Å². The van der Waals surface area contributed by atoms with Crippen LogP contribution in [0, 0.1) is 27.7 Å². The van der Waals surface area contributed by atoms with Crippen LogP contribution in [0.25, 0.3) is 0 Å². The normalized spacial score (nSPS) is 11.1. The van der Waals surface area contributed by atoms with E-state index in [1.165, 1.54) is 0 Å². The predicted molar refractivity (Wildman–Crippen MR) is 127 cm³/mol. The lowest BCUT2D eigenvalue weighted by atomic mass is 10.1. The third-order valence-corrected chi connectivity index (χ3v) is 6.74. The summed E-state index contributed by atoms with van der Waals surface area (Å²) in [5, 5.41) is 2.83. The average Bonchev–Trinajstić information content (AvgIpc) is 2.75. The number of hydrogen-bond acceptors (Lipinski definition) is 4. The third-order valence-electron chi connectivity index (χ3n) is 5.35. The van der Waals surface area contributed by atoms with Crippen LogP contribution in [-0.4, -0.2) is 27.5 Å². The van der Waals surface area contributed by atoms with Crippen molar-refractivity contribution in [3.05, 3.63) is 88.5 Å². The summed E-state index contributed by atoms with van der Waals surface area (Å²) < 4.78 is 33.8. The molecule has 0 saturated carbocycles. The fraction of sp³-hybridized carbons (Fsp3) is 0.240. The van der Waals surface area contributed by atoms with Gasteiger partial charge in [0.2, 0.25) is 0 Å². The topological polar surface area (TPSA) is 84.5 Å². The van der Waals surface area contributed by atoms with Crippen LogP contribution in [0.15, 0.2) is 65.6 Å². The van der Waals surface area contributed by atoms with E-state index in [9.17, 15) is 13.2 Å². The van der Waals surface area contributed by atoms with Crippen LogP contribution in [0.2, 0.25) is 0 Å². The number of nitrogens with one attached hydrogen (secondary N) is 2. The van der Waals surface area contributed by atoms with E-state index < -0.39 is 10.0 Å². The van der Waals surface area contributed by atoms with Crippen molar-refractivity contribution in [1.29, 1.82) is 0 Å². The van der Waals surface area contributed by atoms with Crippen molar-refractivity contribution in [1.82, 2.24) is 5.32 Å². The van der Waals surface area contributed by atoms with Crippen molar-refractivity contribution in [3.63, 3.8) is 0 Å². The number of carbonyl (C=O) groups is 1. The molecule has 0 spiro atoms. The Morgan fingerprint density at radius 1 is 0.875 bits per heavy atom. The van der Waals surface area contributed by atoms with Crippen molar-refractivity contribution in [2.24, 2.45) is 0 Å². The second-order valence-corrected chi connectivity index (χ2v) is 9.38. The summed E-state index contributed by atoms with van der Waals surface area (Å²) in [4.78, 5) is 12.8. The zero-order chi connectivity index (χ0) is 23.3. The summed E-state index contributed by atoms with van der Waals surface area (Å²) >= 11 is 0. The Kier molecular flexibility index (Phi) is 7.20. The molecule has 0 saturated heterocycles. The summed E-state index contributed by atoms with van der Waals surface area (Å²) in [6.07, 6.45) is 0. The monoisotopic (exact) mass is 452 g/mol. The molecule has 1 amide bonds. The summed E-state index contributed by atoms with van der Waals surface area (Å²) in [6, 6.07) is 17.4. The molecule has 0 heterocycles. The van der Waals surface area contributed by atoms with E-state index in [-0.39, 0.29) is 10.8 Å². The average molecular weight is 453 g/mol. The molecular formula is C25H28N2O4S. The Morgan fingerprint density at radius 3 is 2.28 bits per heavy atom. The van der Waals surface area contributed by atoms with Gasteiger partial charge < -0.3 is 10.1 Å². The molecular weight excluding hydrogens is 424 g/mol. The molecule has 3 aromatic rings. The van der Waals surface area contributed by atoms with Gasteiger partial charge in [0.1, 0.15) is 12.4 Å². The van der Waals surface area contributed by atoms with E-state index >= 15 is 0 Å². The SMILES string of the molecule is Cc1ccc(S(=O)(=O)Nc2cccc(C(=O)NCCOc3cccc(C)c3C)c2C)cc1. The lowest BCUT2D eigenvalue weighted by Crippen LogP contribution is -2.29. The lowest BCUT2D eigenvalue weighted by molar-refractivity contribution is 0.0946. The molecule has 0 aliphatic carbocycles. The minimum absolute atomic E-state index is 0.168. The molecule has 0 unspecified atom stereocenters. The largest absolute Gasteiger partial charge is 0.491 e. The zero-order valence-corrected chi connectivity index (χ0v) is 19.5. The molecule has 2 N–H and O–H groups in total. The molecule has 6 nitrogen and oxygen atoms in total. The first-order valence-electron chi connectivity index (χ1n) is 10.4. The maximum absolute atomic E-state index is 12.7. The molecule has 0 bridgehead atoms. The molecule has 168 valence electrons. The number of sulfonamides is 1. The van der Waals surface area contributed by atoms with Gasteiger partial charge in [-0.25, -0.2) is 8.42 Å². The number of rotatable bonds is 8. The Bertz CT molecular complexity index is 1220.